The first-order valence-electron chi connectivity index (χ1n) is 9.39. The molecule has 28 heavy (non-hydrogen) atoms. The fraction of sp³-hybridized carbons (Fsp3) is 0.450. The zero-order chi connectivity index (χ0) is 18.7. The molecule has 0 bridgehead atoms. The van der Waals surface area contributed by atoms with Crippen molar-refractivity contribution in [2.45, 2.75) is 13.0 Å². The Morgan fingerprint density at radius 2 is 1.82 bits per heavy atom. The van der Waals surface area contributed by atoms with Crippen molar-refractivity contribution < 1.29 is 9.15 Å². The average Bonchev–Trinajstić information content (AvgIpc) is 3.21. The lowest BCUT2D eigenvalue weighted by molar-refractivity contribution is 0.0389. The number of halogens is 2. The first-order chi connectivity index (χ1) is 13.3. The number of aliphatic imine (C=N–C) groups is 1. The third kappa shape index (κ3) is 8.38. The highest BCUT2D eigenvalue weighted by Gasteiger charge is 2.09. The molecule has 8 heteroatoms. The summed E-state index contributed by atoms with van der Waals surface area (Å²) in [6, 6.07) is 11.7. The minimum absolute atomic E-state index is 0. The van der Waals surface area contributed by atoms with Crippen LogP contribution in [0.15, 0.2) is 52.1 Å². The summed E-state index contributed by atoms with van der Waals surface area (Å²) in [5, 5.41) is 7.55. The molecule has 0 radical (unpaired) electrons. The highest BCUT2D eigenvalue weighted by Crippen LogP contribution is 2.10. The second kappa shape index (κ2) is 13.0. The minimum Gasteiger partial charge on any atom is -0.469 e. The van der Waals surface area contributed by atoms with Gasteiger partial charge in [-0.05, 0) is 29.8 Å². The first kappa shape index (κ1) is 23.0. The Morgan fingerprint density at radius 1 is 1.07 bits per heavy atom. The Hall–Kier alpha value is -1.29. The van der Waals surface area contributed by atoms with Crippen LogP contribution in [0.25, 0.3) is 0 Å². The molecule has 2 heterocycles. The van der Waals surface area contributed by atoms with Gasteiger partial charge in [0.1, 0.15) is 5.76 Å². The number of nitrogens with zero attached hydrogens (tertiary/aromatic N) is 2. The van der Waals surface area contributed by atoms with Crippen molar-refractivity contribution >= 4 is 41.5 Å². The molecule has 1 aromatic heterocycles. The molecule has 154 valence electrons. The number of hydrogen-bond acceptors (Lipinski definition) is 4. The van der Waals surface area contributed by atoms with Crippen LogP contribution in [0.1, 0.15) is 11.3 Å². The average molecular weight is 519 g/mol. The Balaban J connectivity index is 0.00000280. The predicted octanol–water partition coefficient (Wildman–Crippen LogP) is 3.16. The number of guanidine groups is 1. The van der Waals surface area contributed by atoms with Crippen molar-refractivity contribution in [3.63, 3.8) is 0 Å². The third-order valence-corrected chi connectivity index (χ3v) is 4.65. The summed E-state index contributed by atoms with van der Waals surface area (Å²) in [5.41, 5.74) is 1.12. The number of hydrogen-bond donors (Lipinski definition) is 2. The van der Waals surface area contributed by atoms with Crippen LogP contribution in [-0.4, -0.2) is 56.8 Å². The van der Waals surface area contributed by atoms with Gasteiger partial charge in [0.05, 0.1) is 26.0 Å². The van der Waals surface area contributed by atoms with E-state index in [9.17, 15) is 0 Å². The van der Waals surface area contributed by atoms with Crippen LogP contribution in [0.3, 0.4) is 0 Å². The Labute approximate surface area is 188 Å². The molecule has 3 rings (SSSR count). The molecule has 2 aromatic rings. The monoisotopic (exact) mass is 518 g/mol. The van der Waals surface area contributed by atoms with Gasteiger partial charge in [-0.3, -0.25) is 4.90 Å². The summed E-state index contributed by atoms with van der Waals surface area (Å²) in [6.07, 6.45) is 2.52. The molecule has 2 N–H and O–H groups in total. The summed E-state index contributed by atoms with van der Waals surface area (Å²) < 4.78 is 10.8. The van der Waals surface area contributed by atoms with Crippen molar-refractivity contribution in [2.75, 3.05) is 45.9 Å². The van der Waals surface area contributed by atoms with Crippen LogP contribution in [0.2, 0.25) is 5.02 Å². The zero-order valence-corrected chi connectivity index (χ0v) is 19.0. The molecule has 0 saturated carbocycles. The molecule has 1 aromatic carbocycles. The molecule has 0 aliphatic carbocycles. The largest absolute Gasteiger partial charge is 0.469 e. The summed E-state index contributed by atoms with van der Waals surface area (Å²) in [7, 11) is 0. The van der Waals surface area contributed by atoms with Crippen molar-refractivity contribution in [2.24, 2.45) is 4.99 Å². The number of benzene rings is 1. The lowest BCUT2D eigenvalue weighted by Gasteiger charge is -2.26. The van der Waals surface area contributed by atoms with E-state index >= 15 is 0 Å². The maximum Gasteiger partial charge on any atom is 0.191 e. The van der Waals surface area contributed by atoms with Crippen LogP contribution < -0.4 is 10.6 Å². The molecule has 6 nitrogen and oxygen atoms in total. The van der Waals surface area contributed by atoms with E-state index in [1.807, 2.05) is 36.4 Å². The van der Waals surface area contributed by atoms with Gasteiger partial charge in [0.2, 0.25) is 0 Å². The predicted molar refractivity (Wildman–Crippen MR) is 124 cm³/mol. The van der Waals surface area contributed by atoms with Gasteiger partial charge in [-0.25, -0.2) is 4.99 Å². The van der Waals surface area contributed by atoms with Gasteiger partial charge in [0.25, 0.3) is 0 Å². The Kier molecular flexibility index (Phi) is 10.7. The summed E-state index contributed by atoms with van der Waals surface area (Å²) in [6.45, 7) is 6.80. The van der Waals surface area contributed by atoms with Gasteiger partial charge in [-0.15, -0.1) is 24.0 Å². The topological polar surface area (TPSA) is 62.0 Å². The van der Waals surface area contributed by atoms with Gasteiger partial charge in [-0.1, -0.05) is 23.7 Å². The maximum atomic E-state index is 5.95. The number of furan rings is 1. The first-order valence-corrected chi connectivity index (χ1v) is 9.76. The second-order valence-electron chi connectivity index (χ2n) is 6.43. The van der Waals surface area contributed by atoms with Crippen molar-refractivity contribution in [1.82, 2.24) is 15.5 Å². The highest BCUT2D eigenvalue weighted by molar-refractivity contribution is 14.0. The molecule has 1 fully saturated rings. The smallest absolute Gasteiger partial charge is 0.191 e. The van der Waals surface area contributed by atoms with E-state index < -0.39 is 0 Å². The molecule has 1 aliphatic heterocycles. The SMILES string of the molecule is Clc1ccc(CN=C(NCCc2ccco2)NCCN2CCOCC2)cc1.I. The molecular weight excluding hydrogens is 491 g/mol. The highest BCUT2D eigenvalue weighted by atomic mass is 127. The third-order valence-electron chi connectivity index (χ3n) is 4.40. The number of nitrogens with one attached hydrogen (secondary N) is 2. The molecular formula is C20H28ClIN4O2. The van der Waals surface area contributed by atoms with E-state index in [-0.39, 0.29) is 24.0 Å². The lowest BCUT2D eigenvalue weighted by Crippen LogP contribution is -2.44. The van der Waals surface area contributed by atoms with Crippen LogP contribution in [-0.2, 0) is 17.7 Å². The van der Waals surface area contributed by atoms with Gasteiger partial charge in [0.15, 0.2) is 5.96 Å². The van der Waals surface area contributed by atoms with Gasteiger partial charge in [-0.2, -0.15) is 0 Å². The Morgan fingerprint density at radius 3 is 2.54 bits per heavy atom. The van der Waals surface area contributed by atoms with Crippen LogP contribution in [0.5, 0.6) is 0 Å². The van der Waals surface area contributed by atoms with E-state index in [4.69, 9.17) is 25.7 Å². The number of ether oxygens (including phenoxy) is 1. The van der Waals surface area contributed by atoms with Crippen LogP contribution in [0.4, 0.5) is 0 Å². The minimum atomic E-state index is 0. The van der Waals surface area contributed by atoms with Crippen molar-refractivity contribution in [3.05, 3.63) is 59.0 Å². The maximum absolute atomic E-state index is 5.95. The van der Waals surface area contributed by atoms with Gasteiger partial charge < -0.3 is 19.8 Å². The quantitative estimate of drug-likeness (QED) is 0.319. The molecule has 0 atom stereocenters. The molecule has 0 spiro atoms. The van der Waals surface area contributed by atoms with Crippen LogP contribution >= 0.6 is 35.6 Å². The van der Waals surface area contributed by atoms with Crippen molar-refractivity contribution in [1.29, 1.82) is 0 Å². The molecule has 0 unspecified atom stereocenters. The van der Waals surface area contributed by atoms with E-state index in [2.05, 4.69) is 15.5 Å². The van der Waals surface area contributed by atoms with Gasteiger partial charge >= 0.3 is 0 Å². The fourth-order valence-corrected chi connectivity index (χ4v) is 2.98. The van der Waals surface area contributed by atoms with E-state index in [0.717, 1.165) is 74.7 Å². The standard InChI is InChI=1S/C20H27ClN4O2.HI/c21-18-5-3-17(4-6-18)16-24-20(22-8-7-19-2-1-13-27-19)23-9-10-25-11-14-26-15-12-25;/h1-6,13H,7-12,14-16H2,(H2,22,23,24);1H. The van der Waals surface area contributed by atoms with E-state index in [1.54, 1.807) is 6.26 Å². The van der Waals surface area contributed by atoms with Crippen molar-refractivity contribution in [3.8, 4) is 0 Å². The van der Waals surface area contributed by atoms with Crippen LogP contribution in [0, 0.1) is 0 Å². The summed E-state index contributed by atoms with van der Waals surface area (Å²) in [5.74, 6) is 1.78. The van der Waals surface area contributed by atoms with E-state index in [1.165, 1.54) is 0 Å². The molecule has 0 amide bonds. The Bertz CT molecular complexity index is 689. The van der Waals surface area contributed by atoms with E-state index in [0.29, 0.717) is 6.54 Å². The molecule has 1 aliphatic rings. The summed E-state index contributed by atoms with van der Waals surface area (Å²) >= 11 is 5.95. The summed E-state index contributed by atoms with van der Waals surface area (Å²) in [4.78, 5) is 7.10. The lowest BCUT2D eigenvalue weighted by atomic mass is 10.2. The second-order valence-corrected chi connectivity index (χ2v) is 6.86. The zero-order valence-electron chi connectivity index (χ0n) is 15.9. The fourth-order valence-electron chi connectivity index (χ4n) is 2.85. The number of morpholine rings is 1. The number of rotatable bonds is 8. The molecule has 1 saturated heterocycles. The van der Waals surface area contributed by atoms with Gasteiger partial charge in [0, 0.05) is 44.2 Å². The normalized spacial score (nSPS) is 15.1.